The van der Waals surface area contributed by atoms with Gasteiger partial charge in [0.25, 0.3) is 0 Å². The third kappa shape index (κ3) is 5.37. The molecule has 1 aliphatic heterocycles. The summed E-state index contributed by atoms with van der Waals surface area (Å²) in [6.07, 6.45) is 2.98. The number of sulfonamides is 1. The molecule has 0 unspecified atom stereocenters. The SMILES string of the molecule is CCC(CC)n1c(NS(=O)(=O)[C@@H](C)[C@H](OC)c2ncc(Cl)cn2)nnc1[C@H]1COCCO1. The van der Waals surface area contributed by atoms with Gasteiger partial charge in [-0.15, -0.1) is 10.2 Å². The van der Waals surface area contributed by atoms with Crippen molar-refractivity contribution in [2.24, 2.45) is 0 Å². The maximum absolute atomic E-state index is 13.3. The standard InChI is InChI=1S/C19H29ClN6O5S/c1-5-14(6-2)26-18(15-11-30-7-8-31-15)23-24-19(26)25-32(27,28)12(3)16(29-4)17-21-9-13(20)10-22-17/h9-10,12,14-16H,5-8,11H2,1-4H3,(H,24,25)/t12-,15+,16-/m0/s1. The zero-order valence-corrected chi connectivity index (χ0v) is 20.1. The summed E-state index contributed by atoms with van der Waals surface area (Å²) < 4.78 is 47.6. The Kier molecular flexibility index (Phi) is 8.39. The minimum Gasteiger partial charge on any atom is -0.376 e. The van der Waals surface area contributed by atoms with E-state index in [2.05, 4.69) is 24.9 Å². The largest absolute Gasteiger partial charge is 0.376 e. The van der Waals surface area contributed by atoms with E-state index in [1.807, 2.05) is 13.8 Å². The van der Waals surface area contributed by atoms with Crippen LogP contribution in [0.25, 0.3) is 0 Å². The molecule has 2 aromatic rings. The van der Waals surface area contributed by atoms with Crippen molar-refractivity contribution in [3.63, 3.8) is 0 Å². The summed E-state index contributed by atoms with van der Waals surface area (Å²) >= 11 is 5.84. The Hall–Kier alpha value is -1.86. The van der Waals surface area contributed by atoms with Gasteiger partial charge in [-0.05, 0) is 19.8 Å². The molecule has 1 aliphatic rings. The van der Waals surface area contributed by atoms with E-state index in [4.69, 9.17) is 25.8 Å². The average Bonchev–Trinajstić information content (AvgIpc) is 3.19. The van der Waals surface area contributed by atoms with Crippen LogP contribution in [0.2, 0.25) is 5.02 Å². The van der Waals surface area contributed by atoms with Gasteiger partial charge in [0.1, 0.15) is 17.5 Å². The van der Waals surface area contributed by atoms with E-state index in [0.29, 0.717) is 30.7 Å². The van der Waals surface area contributed by atoms with Gasteiger partial charge >= 0.3 is 0 Å². The van der Waals surface area contributed by atoms with Gasteiger partial charge in [0.2, 0.25) is 16.0 Å². The van der Waals surface area contributed by atoms with Crippen LogP contribution in [0.15, 0.2) is 12.4 Å². The molecule has 1 saturated heterocycles. The lowest BCUT2D eigenvalue weighted by molar-refractivity contribution is -0.0951. The lowest BCUT2D eigenvalue weighted by Crippen LogP contribution is -2.34. The van der Waals surface area contributed by atoms with Crippen LogP contribution in [0, 0.1) is 0 Å². The molecule has 3 heterocycles. The molecular weight excluding hydrogens is 460 g/mol. The van der Waals surface area contributed by atoms with Crippen molar-refractivity contribution in [1.82, 2.24) is 24.7 Å². The molecule has 0 bridgehead atoms. The lowest BCUT2D eigenvalue weighted by Gasteiger charge is -2.27. The number of rotatable bonds is 10. The molecular formula is C19H29ClN6O5S. The second-order valence-corrected chi connectivity index (χ2v) is 9.90. The molecule has 0 saturated carbocycles. The van der Waals surface area contributed by atoms with Gasteiger partial charge in [-0.3, -0.25) is 9.29 Å². The molecule has 1 fully saturated rings. The van der Waals surface area contributed by atoms with Crippen LogP contribution >= 0.6 is 11.6 Å². The summed E-state index contributed by atoms with van der Waals surface area (Å²) in [5.41, 5.74) is 0. The number of ether oxygens (including phenoxy) is 3. The molecule has 0 spiro atoms. The van der Waals surface area contributed by atoms with Crippen LogP contribution in [0.5, 0.6) is 0 Å². The van der Waals surface area contributed by atoms with Crippen molar-refractivity contribution < 1.29 is 22.6 Å². The van der Waals surface area contributed by atoms with Crippen molar-refractivity contribution in [3.8, 4) is 0 Å². The van der Waals surface area contributed by atoms with Crippen molar-refractivity contribution in [1.29, 1.82) is 0 Å². The van der Waals surface area contributed by atoms with E-state index < -0.39 is 27.5 Å². The van der Waals surface area contributed by atoms with Gasteiger partial charge in [0.15, 0.2) is 11.6 Å². The van der Waals surface area contributed by atoms with Gasteiger partial charge in [-0.1, -0.05) is 25.4 Å². The average molecular weight is 489 g/mol. The van der Waals surface area contributed by atoms with Gasteiger partial charge in [0.05, 0.1) is 24.8 Å². The molecule has 11 nitrogen and oxygen atoms in total. The second-order valence-electron chi connectivity index (χ2n) is 7.42. The minimum atomic E-state index is -3.96. The van der Waals surface area contributed by atoms with E-state index in [0.717, 1.165) is 12.8 Å². The number of anilines is 1. The predicted molar refractivity (Wildman–Crippen MR) is 118 cm³/mol. The molecule has 13 heteroatoms. The highest BCUT2D eigenvalue weighted by Gasteiger charge is 2.35. The maximum Gasteiger partial charge on any atom is 0.240 e. The summed E-state index contributed by atoms with van der Waals surface area (Å²) in [5.74, 6) is 0.874. The van der Waals surface area contributed by atoms with Crippen LogP contribution < -0.4 is 4.72 Å². The number of aromatic nitrogens is 5. The zero-order chi connectivity index (χ0) is 23.3. The van der Waals surface area contributed by atoms with Gasteiger partial charge in [-0.2, -0.15) is 0 Å². The van der Waals surface area contributed by atoms with E-state index in [-0.39, 0.29) is 17.8 Å². The number of halogens is 1. The third-order valence-electron chi connectivity index (χ3n) is 5.43. The number of nitrogens with one attached hydrogen (secondary N) is 1. The van der Waals surface area contributed by atoms with Gasteiger partial charge in [-0.25, -0.2) is 18.4 Å². The monoisotopic (exact) mass is 488 g/mol. The Morgan fingerprint density at radius 2 is 1.94 bits per heavy atom. The summed E-state index contributed by atoms with van der Waals surface area (Å²) in [5, 5.41) is 7.70. The Bertz CT molecular complexity index is 977. The minimum absolute atomic E-state index is 0.0173. The maximum atomic E-state index is 13.3. The Balaban J connectivity index is 1.91. The van der Waals surface area contributed by atoms with Crippen molar-refractivity contribution in [3.05, 3.63) is 29.1 Å². The van der Waals surface area contributed by atoms with Crippen molar-refractivity contribution >= 4 is 27.6 Å². The quantitative estimate of drug-likeness (QED) is 0.536. The van der Waals surface area contributed by atoms with Crippen LogP contribution in [0.1, 0.15) is 63.5 Å². The van der Waals surface area contributed by atoms with Crippen LogP contribution in [-0.4, -0.2) is 65.3 Å². The number of hydrogen-bond donors (Lipinski definition) is 1. The first-order valence-corrected chi connectivity index (χ1v) is 12.4. The normalized spacial score (nSPS) is 19.1. The molecule has 178 valence electrons. The van der Waals surface area contributed by atoms with E-state index in [1.54, 1.807) is 4.57 Å². The van der Waals surface area contributed by atoms with Crippen molar-refractivity contribution in [2.45, 2.75) is 57.1 Å². The lowest BCUT2D eigenvalue weighted by atomic mass is 10.1. The number of nitrogens with zero attached hydrogens (tertiary/aromatic N) is 5. The fourth-order valence-electron chi connectivity index (χ4n) is 3.60. The van der Waals surface area contributed by atoms with E-state index in [1.165, 1.54) is 26.4 Å². The van der Waals surface area contributed by atoms with Crippen molar-refractivity contribution in [2.75, 3.05) is 31.7 Å². The zero-order valence-electron chi connectivity index (χ0n) is 18.6. The van der Waals surface area contributed by atoms with Crippen LogP contribution in [-0.2, 0) is 24.2 Å². The van der Waals surface area contributed by atoms with Gasteiger partial charge < -0.3 is 14.2 Å². The summed E-state index contributed by atoms with van der Waals surface area (Å²) in [7, 11) is -2.55. The fourth-order valence-corrected chi connectivity index (χ4v) is 4.84. The van der Waals surface area contributed by atoms with Crippen LogP contribution in [0.4, 0.5) is 5.95 Å². The first-order chi connectivity index (χ1) is 15.3. The predicted octanol–water partition coefficient (Wildman–Crippen LogP) is 2.69. The first-order valence-electron chi connectivity index (χ1n) is 10.5. The molecule has 0 aliphatic carbocycles. The fraction of sp³-hybridized carbons (Fsp3) is 0.684. The highest BCUT2D eigenvalue weighted by atomic mass is 35.5. The molecule has 32 heavy (non-hydrogen) atoms. The highest BCUT2D eigenvalue weighted by Crippen LogP contribution is 2.30. The first kappa shape index (κ1) is 24.8. The Labute approximate surface area is 192 Å². The third-order valence-corrected chi connectivity index (χ3v) is 7.32. The summed E-state index contributed by atoms with van der Waals surface area (Å²) in [6.45, 7) is 6.85. The molecule has 0 aromatic carbocycles. The molecule has 3 rings (SSSR count). The smallest absolute Gasteiger partial charge is 0.240 e. The second kappa shape index (κ2) is 10.8. The molecule has 1 N–H and O–H groups in total. The number of methoxy groups -OCH3 is 1. The molecule has 0 amide bonds. The van der Waals surface area contributed by atoms with Gasteiger partial charge in [0, 0.05) is 25.5 Å². The van der Waals surface area contributed by atoms with E-state index in [9.17, 15) is 8.42 Å². The molecule has 0 radical (unpaired) electrons. The topological polar surface area (TPSA) is 130 Å². The summed E-state index contributed by atoms with van der Waals surface area (Å²) in [6, 6.07) is -0.0173. The molecule has 2 aromatic heterocycles. The Morgan fingerprint density at radius 1 is 1.25 bits per heavy atom. The Morgan fingerprint density at radius 3 is 2.50 bits per heavy atom. The molecule has 3 atom stereocenters. The van der Waals surface area contributed by atoms with E-state index >= 15 is 0 Å². The van der Waals surface area contributed by atoms with Crippen LogP contribution in [0.3, 0.4) is 0 Å². The number of hydrogen-bond acceptors (Lipinski definition) is 9. The summed E-state index contributed by atoms with van der Waals surface area (Å²) in [4.78, 5) is 8.21. The highest BCUT2D eigenvalue weighted by molar-refractivity contribution is 7.93.